The third-order valence-corrected chi connectivity index (χ3v) is 10.3. The normalized spacial score (nSPS) is 20.9. The van der Waals surface area contributed by atoms with Crippen molar-refractivity contribution in [1.82, 2.24) is 0 Å². The summed E-state index contributed by atoms with van der Waals surface area (Å²) in [5, 5.41) is 30.7. The molecular formula is C47H80O12S. The highest BCUT2D eigenvalue weighted by molar-refractivity contribution is 7.80. The van der Waals surface area contributed by atoms with Crippen LogP contribution in [-0.4, -0.2) is 97.5 Å². The van der Waals surface area contributed by atoms with E-state index in [0.29, 0.717) is 13.0 Å². The van der Waals surface area contributed by atoms with Gasteiger partial charge in [0.1, 0.15) is 30.5 Å². The summed E-state index contributed by atoms with van der Waals surface area (Å²) in [6.45, 7) is 3.77. The maximum atomic E-state index is 12.8. The summed E-state index contributed by atoms with van der Waals surface area (Å²) < 4.78 is 59.0. The SMILES string of the molecule is CC/C=C\C/C=C\C/C=C\C/C=C\CCCCCCCOCC(COC1OC(CO)C(O)C(OS(=O)(=O)O)C1O)OC(=O)CCCCCCC/C=C\C/C=C\CCCCC. The summed E-state index contributed by atoms with van der Waals surface area (Å²) in [4.78, 5) is 12.8. The number of esters is 1. The molecule has 0 aromatic heterocycles. The van der Waals surface area contributed by atoms with Gasteiger partial charge in [-0.1, -0.05) is 138 Å². The quantitative estimate of drug-likeness (QED) is 0.0200. The van der Waals surface area contributed by atoms with Crippen LogP contribution in [-0.2, 0) is 38.3 Å². The topological polar surface area (TPSA) is 178 Å². The first-order valence-electron chi connectivity index (χ1n) is 22.7. The Morgan fingerprint density at radius 2 is 1.15 bits per heavy atom. The second-order valence-electron chi connectivity index (χ2n) is 15.3. The van der Waals surface area contributed by atoms with Gasteiger partial charge in [-0.2, -0.15) is 8.42 Å². The molecule has 1 fully saturated rings. The van der Waals surface area contributed by atoms with Gasteiger partial charge in [0.15, 0.2) is 6.29 Å². The smallest absolute Gasteiger partial charge is 0.397 e. The first kappa shape index (κ1) is 55.6. The number of unbranched alkanes of at least 4 members (excludes halogenated alkanes) is 13. The van der Waals surface area contributed by atoms with Crippen molar-refractivity contribution in [2.45, 2.75) is 192 Å². The zero-order chi connectivity index (χ0) is 43.9. The van der Waals surface area contributed by atoms with Crippen LogP contribution in [0.5, 0.6) is 0 Å². The highest BCUT2D eigenvalue weighted by Gasteiger charge is 2.48. The van der Waals surface area contributed by atoms with Crippen molar-refractivity contribution in [3.63, 3.8) is 0 Å². The number of carbonyl (C=O) groups excluding carboxylic acids is 1. The average Bonchev–Trinajstić information content (AvgIpc) is 3.22. The molecule has 1 heterocycles. The molecule has 0 aliphatic carbocycles. The van der Waals surface area contributed by atoms with Crippen LogP contribution >= 0.6 is 0 Å². The Bertz CT molecular complexity index is 1330. The molecule has 346 valence electrons. The van der Waals surface area contributed by atoms with Crippen LogP contribution in [0.3, 0.4) is 0 Å². The van der Waals surface area contributed by atoms with Gasteiger partial charge in [0, 0.05) is 13.0 Å². The van der Waals surface area contributed by atoms with E-state index in [2.05, 4.69) is 90.9 Å². The molecule has 0 radical (unpaired) electrons. The summed E-state index contributed by atoms with van der Waals surface area (Å²) in [6, 6.07) is 0. The number of ether oxygens (including phenoxy) is 4. The molecule has 0 amide bonds. The van der Waals surface area contributed by atoms with Gasteiger partial charge in [0.2, 0.25) is 0 Å². The third-order valence-electron chi connectivity index (χ3n) is 9.81. The van der Waals surface area contributed by atoms with E-state index in [1.54, 1.807) is 0 Å². The largest absolute Gasteiger partial charge is 0.457 e. The number of hydrogen-bond donors (Lipinski definition) is 4. The van der Waals surface area contributed by atoms with Crippen molar-refractivity contribution in [2.24, 2.45) is 0 Å². The summed E-state index contributed by atoms with van der Waals surface area (Å²) >= 11 is 0. The number of hydrogen-bond acceptors (Lipinski definition) is 11. The Morgan fingerprint density at radius 1 is 0.650 bits per heavy atom. The zero-order valence-corrected chi connectivity index (χ0v) is 37.6. The lowest BCUT2D eigenvalue weighted by Crippen LogP contribution is -2.60. The van der Waals surface area contributed by atoms with Crippen molar-refractivity contribution in [1.29, 1.82) is 0 Å². The lowest BCUT2D eigenvalue weighted by atomic mass is 9.99. The van der Waals surface area contributed by atoms with E-state index in [0.717, 1.165) is 109 Å². The second-order valence-corrected chi connectivity index (χ2v) is 16.3. The molecule has 6 unspecified atom stereocenters. The van der Waals surface area contributed by atoms with Gasteiger partial charge in [0.25, 0.3) is 0 Å². The number of carbonyl (C=O) groups is 1. The van der Waals surface area contributed by atoms with Crippen molar-refractivity contribution in [2.75, 3.05) is 26.4 Å². The molecule has 1 aliphatic rings. The standard InChI is InChI=1S/C47H80O12S/c1-3-5-7-9-11-13-15-17-19-20-21-23-25-27-29-31-33-35-37-55-39-41(40-56-47-45(51)46(59-60(52,53)54)44(50)42(38-48)58-47)57-43(49)36-34-32-30-28-26-24-22-18-16-14-12-10-8-6-4-2/h5,7,11-14,17-19,21-23,41-42,44-48,50-51H,3-4,6,8-10,15-16,20,24-40H2,1-2H3,(H,52,53,54)/b7-5-,13-11-,14-12-,19-17-,22-18-,23-21-. The number of aliphatic hydroxyl groups excluding tert-OH is 3. The van der Waals surface area contributed by atoms with Crippen LogP contribution in [0.15, 0.2) is 72.9 Å². The molecule has 1 aliphatic heterocycles. The molecular weight excluding hydrogens is 789 g/mol. The molecule has 0 bridgehead atoms. The fourth-order valence-electron chi connectivity index (χ4n) is 6.40. The van der Waals surface area contributed by atoms with E-state index in [4.69, 9.17) is 23.5 Å². The van der Waals surface area contributed by atoms with Gasteiger partial charge in [-0.05, 0) is 83.5 Å². The lowest BCUT2D eigenvalue weighted by molar-refractivity contribution is -0.301. The first-order valence-corrected chi connectivity index (χ1v) is 24.1. The molecule has 6 atom stereocenters. The van der Waals surface area contributed by atoms with Gasteiger partial charge < -0.3 is 34.3 Å². The first-order chi connectivity index (χ1) is 29.1. The lowest BCUT2D eigenvalue weighted by Gasteiger charge is -2.41. The second kappa shape index (κ2) is 38.2. The van der Waals surface area contributed by atoms with Crippen molar-refractivity contribution in [3.05, 3.63) is 72.9 Å². The van der Waals surface area contributed by atoms with E-state index >= 15 is 0 Å². The molecule has 4 N–H and O–H groups in total. The Labute approximate surface area is 362 Å². The van der Waals surface area contributed by atoms with Gasteiger partial charge in [-0.25, -0.2) is 4.18 Å². The molecule has 1 saturated heterocycles. The third kappa shape index (κ3) is 31.4. The van der Waals surface area contributed by atoms with Gasteiger partial charge in [-0.15, -0.1) is 0 Å². The Kier molecular flexibility index (Phi) is 35.4. The Balaban J connectivity index is 2.46. The van der Waals surface area contributed by atoms with Crippen LogP contribution in [0, 0.1) is 0 Å². The van der Waals surface area contributed by atoms with E-state index in [1.807, 2.05) is 0 Å². The van der Waals surface area contributed by atoms with Gasteiger partial charge in [-0.3, -0.25) is 9.35 Å². The Morgan fingerprint density at radius 3 is 1.68 bits per heavy atom. The fraction of sp³-hybridized carbons (Fsp3) is 0.723. The molecule has 0 saturated carbocycles. The average molecular weight is 869 g/mol. The summed E-state index contributed by atoms with van der Waals surface area (Å²) in [7, 11) is -5.07. The minimum absolute atomic E-state index is 0.0134. The van der Waals surface area contributed by atoms with Gasteiger partial charge >= 0.3 is 16.4 Å². The summed E-state index contributed by atoms with van der Waals surface area (Å²) in [6.07, 6.45) is 39.3. The van der Waals surface area contributed by atoms with Gasteiger partial charge in [0.05, 0.1) is 19.8 Å². The summed E-state index contributed by atoms with van der Waals surface area (Å²) in [5.41, 5.74) is 0. The van der Waals surface area contributed by atoms with Crippen LogP contribution in [0.1, 0.15) is 155 Å². The van der Waals surface area contributed by atoms with E-state index in [-0.39, 0.29) is 19.6 Å². The number of aliphatic hydroxyl groups is 3. The van der Waals surface area contributed by atoms with E-state index < -0.39 is 59.8 Å². The minimum atomic E-state index is -5.07. The molecule has 60 heavy (non-hydrogen) atoms. The Hall–Kier alpha value is -2.46. The molecule has 0 aromatic carbocycles. The van der Waals surface area contributed by atoms with Crippen LogP contribution in [0.2, 0.25) is 0 Å². The van der Waals surface area contributed by atoms with Crippen LogP contribution < -0.4 is 0 Å². The zero-order valence-electron chi connectivity index (χ0n) is 36.7. The van der Waals surface area contributed by atoms with Crippen LogP contribution in [0.25, 0.3) is 0 Å². The maximum absolute atomic E-state index is 12.8. The number of rotatable bonds is 38. The highest BCUT2D eigenvalue weighted by atomic mass is 32.3. The fourth-order valence-corrected chi connectivity index (χ4v) is 6.91. The predicted molar refractivity (Wildman–Crippen MR) is 239 cm³/mol. The molecule has 12 nitrogen and oxygen atoms in total. The van der Waals surface area contributed by atoms with Crippen LogP contribution in [0.4, 0.5) is 0 Å². The molecule has 0 spiro atoms. The predicted octanol–water partition coefficient (Wildman–Crippen LogP) is 9.52. The maximum Gasteiger partial charge on any atom is 0.397 e. The number of allylic oxidation sites excluding steroid dienone is 12. The molecule has 0 aromatic rings. The van der Waals surface area contributed by atoms with E-state index in [1.165, 1.54) is 19.3 Å². The highest BCUT2D eigenvalue weighted by Crippen LogP contribution is 2.26. The molecule has 1 rings (SSSR count). The molecule has 13 heteroatoms. The monoisotopic (exact) mass is 869 g/mol. The summed E-state index contributed by atoms with van der Waals surface area (Å²) in [5.74, 6) is -0.424. The van der Waals surface area contributed by atoms with E-state index in [9.17, 15) is 28.5 Å². The van der Waals surface area contributed by atoms with Crippen molar-refractivity contribution >= 4 is 16.4 Å². The van der Waals surface area contributed by atoms with Crippen molar-refractivity contribution < 1.29 is 56.2 Å². The minimum Gasteiger partial charge on any atom is -0.457 e. The van der Waals surface area contributed by atoms with Crippen molar-refractivity contribution in [3.8, 4) is 0 Å².